The molecule has 0 spiro atoms. The van der Waals surface area contributed by atoms with E-state index in [4.69, 9.17) is 0 Å². The lowest BCUT2D eigenvalue weighted by Gasteiger charge is -2.12. The highest BCUT2D eigenvalue weighted by Gasteiger charge is 2.35. The zero-order valence-electron chi connectivity index (χ0n) is 18.1. The van der Waals surface area contributed by atoms with Crippen LogP contribution >= 0.6 is 0 Å². The number of nitrogens with one attached hydrogen (secondary N) is 1. The first kappa shape index (κ1) is 22.3. The molecular weight excluding hydrogens is 464 g/mol. The minimum atomic E-state index is -4.88. The lowest BCUT2D eigenvalue weighted by Crippen LogP contribution is -2.18. The minimum Gasteiger partial charge on any atom is -0.321 e. The van der Waals surface area contributed by atoms with Crippen molar-refractivity contribution in [3.05, 3.63) is 90.1 Å². The van der Waals surface area contributed by atoms with Crippen LogP contribution in [0.3, 0.4) is 0 Å². The average molecular weight is 480 g/mol. The van der Waals surface area contributed by atoms with E-state index in [1.807, 2.05) is 30.3 Å². The Morgan fingerprint density at radius 2 is 1.77 bits per heavy atom. The number of halogens is 4. The number of carbonyl (C=O) groups is 1. The third kappa shape index (κ3) is 4.12. The summed E-state index contributed by atoms with van der Waals surface area (Å²) in [5.41, 5.74) is -0.384. The van der Waals surface area contributed by atoms with Gasteiger partial charge in [0.05, 0.1) is 22.5 Å². The molecule has 11 heteroatoms. The van der Waals surface area contributed by atoms with Crippen molar-refractivity contribution in [3.63, 3.8) is 0 Å². The van der Waals surface area contributed by atoms with Gasteiger partial charge in [0.25, 0.3) is 5.91 Å². The van der Waals surface area contributed by atoms with Gasteiger partial charge in [0.2, 0.25) is 0 Å². The topological polar surface area (TPSA) is 77.6 Å². The summed E-state index contributed by atoms with van der Waals surface area (Å²) >= 11 is 0. The maximum atomic E-state index is 13.4. The van der Waals surface area contributed by atoms with Gasteiger partial charge in [-0.1, -0.05) is 24.3 Å². The molecule has 0 aliphatic heterocycles. The second kappa shape index (κ2) is 8.35. The zero-order valence-corrected chi connectivity index (χ0v) is 18.1. The Balaban J connectivity index is 1.49. The number of hydrogen-bond acceptors (Lipinski definition) is 4. The number of alkyl halides is 3. The van der Waals surface area contributed by atoms with Crippen LogP contribution < -0.4 is 5.32 Å². The number of hydrogen-bond donors (Lipinski definition) is 1. The van der Waals surface area contributed by atoms with Gasteiger partial charge in [-0.25, -0.2) is 4.39 Å². The summed E-state index contributed by atoms with van der Waals surface area (Å²) < 4.78 is 56.5. The molecule has 0 aliphatic rings. The van der Waals surface area contributed by atoms with Gasteiger partial charge in [-0.15, -0.1) is 10.2 Å². The molecule has 0 radical (unpaired) electrons. The van der Waals surface area contributed by atoms with Crippen LogP contribution in [0, 0.1) is 5.82 Å². The highest BCUT2D eigenvalue weighted by Crippen LogP contribution is 2.33. The number of aryl methyl sites for hydroxylation is 1. The van der Waals surface area contributed by atoms with Crippen molar-refractivity contribution in [2.45, 2.75) is 6.18 Å². The van der Waals surface area contributed by atoms with Gasteiger partial charge in [-0.05, 0) is 30.3 Å². The number of rotatable bonds is 4. The molecule has 3 aromatic heterocycles. The van der Waals surface area contributed by atoms with Gasteiger partial charge in [0.15, 0.2) is 5.82 Å². The molecule has 176 valence electrons. The van der Waals surface area contributed by atoms with Crippen molar-refractivity contribution in [2.75, 3.05) is 5.32 Å². The fourth-order valence-corrected chi connectivity index (χ4v) is 3.83. The van der Waals surface area contributed by atoms with Crippen molar-refractivity contribution in [1.29, 1.82) is 0 Å². The van der Waals surface area contributed by atoms with Gasteiger partial charge in [0, 0.05) is 36.4 Å². The molecule has 0 fully saturated rings. The van der Waals surface area contributed by atoms with E-state index in [2.05, 4.69) is 20.6 Å². The molecule has 0 saturated heterocycles. The molecule has 2 aromatic carbocycles. The number of aromatic nitrogens is 5. The van der Waals surface area contributed by atoms with Crippen LogP contribution in [0.25, 0.3) is 28.0 Å². The van der Waals surface area contributed by atoms with Crippen LogP contribution in [0.5, 0.6) is 0 Å². The number of carbonyl (C=O) groups excluding carboxylic acids is 1. The predicted molar refractivity (Wildman–Crippen MR) is 120 cm³/mol. The fraction of sp³-hybridized carbons (Fsp3) is 0.0833. The molecule has 5 rings (SSSR count). The fourth-order valence-electron chi connectivity index (χ4n) is 3.83. The van der Waals surface area contributed by atoms with Crippen LogP contribution in [0.4, 0.5) is 23.2 Å². The van der Waals surface area contributed by atoms with Crippen molar-refractivity contribution in [3.8, 4) is 17.2 Å². The lowest BCUT2D eigenvalue weighted by atomic mass is 10.1. The van der Waals surface area contributed by atoms with Gasteiger partial charge < -0.3 is 9.88 Å². The van der Waals surface area contributed by atoms with Crippen molar-refractivity contribution >= 4 is 22.4 Å². The molecule has 0 saturated carbocycles. The number of benzene rings is 2. The molecule has 0 aliphatic carbocycles. The molecule has 5 aromatic rings. The average Bonchev–Trinajstić information content (AvgIpc) is 3.46. The van der Waals surface area contributed by atoms with E-state index < -0.39 is 29.0 Å². The molecule has 0 unspecified atom stereocenters. The third-order valence-electron chi connectivity index (χ3n) is 5.46. The quantitative estimate of drug-likeness (QED) is 0.358. The van der Waals surface area contributed by atoms with Gasteiger partial charge in [-0.2, -0.15) is 18.3 Å². The summed E-state index contributed by atoms with van der Waals surface area (Å²) in [6, 6.07) is 12.7. The summed E-state index contributed by atoms with van der Waals surface area (Å²) in [4.78, 5) is 12.6. The summed E-state index contributed by atoms with van der Waals surface area (Å²) in [6.45, 7) is 0. The largest absolute Gasteiger partial charge is 0.417 e. The Bertz CT molecular complexity index is 1570. The minimum absolute atomic E-state index is 0.231. The van der Waals surface area contributed by atoms with Crippen LogP contribution in [0.15, 0.2) is 73.2 Å². The normalized spacial score (nSPS) is 11.7. The molecule has 1 amide bonds. The third-order valence-corrected chi connectivity index (χ3v) is 5.46. The first-order valence-electron chi connectivity index (χ1n) is 10.3. The maximum absolute atomic E-state index is 13.4. The summed E-state index contributed by atoms with van der Waals surface area (Å²) in [7, 11) is 1.80. The summed E-state index contributed by atoms with van der Waals surface area (Å²) in [5.74, 6) is -1.64. The van der Waals surface area contributed by atoms with Gasteiger partial charge in [-0.3, -0.25) is 9.48 Å². The Morgan fingerprint density at radius 3 is 2.49 bits per heavy atom. The zero-order chi connectivity index (χ0) is 24.7. The first-order valence-corrected chi connectivity index (χ1v) is 10.3. The highest BCUT2D eigenvalue weighted by molar-refractivity contribution is 6.05. The first-order chi connectivity index (χ1) is 16.7. The Hall–Kier alpha value is -4.54. The second-order valence-corrected chi connectivity index (χ2v) is 7.71. The van der Waals surface area contributed by atoms with E-state index in [9.17, 15) is 22.4 Å². The molecular formula is C24H16F4N6O. The van der Waals surface area contributed by atoms with E-state index in [0.717, 1.165) is 28.6 Å². The van der Waals surface area contributed by atoms with E-state index in [1.165, 1.54) is 12.3 Å². The smallest absolute Gasteiger partial charge is 0.321 e. The van der Waals surface area contributed by atoms with Gasteiger partial charge >= 0.3 is 6.18 Å². The van der Waals surface area contributed by atoms with Crippen molar-refractivity contribution < 1.29 is 22.4 Å². The van der Waals surface area contributed by atoms with Crippen LogP contribution in [0.2, 0.25) is 0 Å². The van der Waals surface area contributed by atoms with Crippen molar-refractivity contribution in [2.24, 2.45) is 7.05 Å². The number of amides is 1. The molecule has 0 bridgehead atoms. The molecule has 35 heavy (non-hydrogen) atoms. The van der Waals surface area contributed by atoms with E-state index in [0.29, 0.717) is 17.6 Å². The van der Waals surface area contributed by atoms with E-state index in [-0.39, 0.29) is 5.69 Å². The van der Waals surface area contributed by atoms with E-state index in [1.54, 1.807) is 28.7 Å². The number of nitrogens with zero attached hydrogens (tertiary/aromatic N) is 5. The standard InChI is InChI=1S/C24H16F4N6O/c1-33-20(8-10-29-33)21-16-4-2-3-5-17(16)22(32-31-21)34-11-9-15(13-34)30-23(35)18-7-6-14(25)12-19(18)24(26,27)28/h2-13H,1H3,(H,30,35). The highest BCUT2D eigenvalue weighted by atomic mass is 19.4. The molecule has 3 heterocycles. The SMILES string of the molecule is Cn1nccc1-c1nnc(-n2ccc(NC(=O)c3ccc(F)cc3C(F)(F)F)c2)c2ccccc12. The Morgan fingerprint density at radius 1 is 1.00 bits per heavy atom. The van der Waals surface area contributed by atoms with Crippen LogP contribution in [0.1, 0.15) is 15.9 Å². The second-order valence-electron chi connectivity index (χ2n) is 7.71. The molecule has 0 atom stereocenters. The number of anilines is 1. The summed E-state index contributed by atoms with van der Waals surface area (Å²) in [6.07, 6.45) is -0.114. The molecule has 7 nitrogen and oxygen atoms in total. The number of fused-ring (bicyclic) bond motifs is 1. The summed E-state index contributed by atoms with van der Waals surface area (Å²) in [5, 5.41) is 16.9. The molecule has 1 N–H and O–H groups in total. The van der Waals surface area contributed by atoms with Crippen LogP contribution in [-0.2, 0) is 13.2 Å². The van der Waals surface area contributed by atoms with Crippen LogP contribution in [-0.4, -0.2) is 30.5 Å². The lowest BCUT2D eigenvalue weighted by molar-refractivity contribution is -0.138. The Labute approximate surface area is 195 Å². The Kier molecular flexibility index (Phi) is 5.31. The monoisotopic (exact) mass is 480 g/mol. The maximum Gasteiger partial charge on any atom is 0.417 e. The predicted octanol–water partition coefficient (Wildman–Crippen LogP) is 5.23. The van der Waals surface area contributed by atoms with Gasteiger partial charge in [0.1, 0.15) is 11.5 Å². The van der Waals surface area contributed by atoms with Crippen molar-refractivity contribution in [1.82, 2.24) is 24.5 Å². The van der Waals surface area contributed by atoms with E-state index >= 15 is 0 Å².